The van der Waals surface area contributed by atoms with Crippen molar-refractivity contribution in [2.45, 2.75) is 56.7 Å². The van der Waals surface area contributed by atoms with Gasteiger partial charge < -0.3 is 15.0 Å². The lowest BCUT2D eigenvalue weighted by atomic mass is 9.85. The number of aryl methyl sites for hydroxylation is 1. The Balaban J connectivity index is 1.61. The van der Waals surface area contributed by atoms with Gasteiger partial charge in [-0.25, -0.2) is 4.98 Å². The summed E-state index contributed by atoms with van der Waals surface area (Å²) in [5.41, 5.74) is 0.00173. The summed E-state index contributed by atoms with van der Waals surface area (Å²) >= 11 is 0. The third-order valence-corrected chi connectivity index (χ3v) is 4.60. The van der Waals surface area contributed by atoms with Crippen molar-refractivity contribution in [3.8, 4) is 0 Å². The van der Waals surface area contributed by atoms with Gasteiger partial charge in [-0.2, -0.15) is 0 Å². The molecule has 0 radical (unpaired) electrons. The summed E-state index contributed by atoms with van der Waals surface area (Å²) in [7, 11) is 0. The Kier molecular flexibility index (Phi) is 3.39. The van der Waals surface area contributed by atoms with E-state index in [-0.39, 0.29) is 12.1 Å². The van der Waals surface area contributed by atoms with Crippen LogP contribution < -0.4 is 5.32 Å². The van der Waals surface area contributed by atoms with Crippen molar-refractivity contribution >= 4 is 0 Å². The molecule has 1 aromatic heterocycles. The molecule has 0 aliphatic heterocycles. The summed E-state index contributed by atoms with van der Waals surface area (Å²) in [5.74, 6) is 0.602. The van der Waals surface area contributed by atoms with Crippen LogP contribution >= 0.6 is 0 Å². The van der Waals surface area contributed by atoms with E-state index in [1.54, 1.807) is 0 Å². The minimum Gasteiger partial charge on any atom is -0.394 e. The fraction of sp³-hybridized carbons (Fsp3) is 0.786. The Hall–Kier alpha value is -0.870. The molecule has 100 valence electrons. The topological polar surface area (TPSA) is 50.1 Å². The van der Waals surface area contributed by atoms with Gasteiger partial charge in [-0.1, -0.05) is 6.42 Å². The van der Waals surface area contributed by atoms with Crippen LogP contribution in [0, 0.1) is 5.92 Å². The van der Waals surface area contributed by atoms with Gasteiger partial charge in [0.05, 0.1) is 12.9 Å². The fourth-order valence-electron chi connectivity index (χ4n) is 3.37. The predicted molar refractivity (Wildman–Crippen MR) is 70.2 cm³/mol. The van der Waals surface area contributed by atoms with E-state index in [1.165, 1.54) is 25.7 Å². The summed E-state index contributed by atoms with van der Waals surface area (Å²) in [4.78, 5) is 4.08. The zero-order chi connectivity index (χ0) is 12.4. The molecule has 0 aromatic carbocycles. The Morgan fingerprint density at radius 1 is 1.39 bits per heavy atom. The number of nitrogens with one attached hydrogen (secondary N) is 1. The first-order chi connectivity index (χ1) is 8.82. The third kappa shape index (κ3) is 2.45. The van der Waals surface area contributed by atoms with Gasteiger partial charge >= 0.3 is 0 Å². The first-order valence-electron chi connectivity index (χ1n) is 7.17. The lowest BCUT2D eigenvalue weighted by Gasteiger charge is -2.35. The minimum absolute atomic E-state index is 0.00173. The Bertz CT molecular complexity index is 374. The first kappa shape index (κ1) is 12.2. The highest BCUT2D eigenvalue weighted by Gasteiger charge is 2.44. The van der Waals surface area contributed by atoms with Crippen LogP contribution in [0.1, 0.15) is 38.5 Å². The molecule has 3 rings (SSSR count). The first-order valence-corrected chi connectivity index (χ1v) is 7.17. The van der Waals surface area contributed by atoms with Crippen LogP contribution in [-0.2, 0) is 6.54 Å². The van der Waals surface area contributed by atoms with E-state index in [0.717, 1.165) is 19.4 Å². The van der Waals surface area contributed by atoms with Crippen molar-refractivity contribution in [1.82, 2.24) is 14.9 Å². The van der Waals surface area contributed by atoms with Crippen LogP contribution in [0.25, 0.3) is 0 Å². The SMILES string of the molecule is OCC1(NC2CC2)CCCC1CCn1ccnc1. The molecule has 0 saturated heterocycles. The molecule has 2 fully saturated rings. The van der Waals surface area contributed by atoms with Crippen LogP contribution in [0.15, 0.2) is 18.7 Å². The summed E-state index contributed by atoms with van der Waals surface area (Å²) in [6.07, 6.45) is 13.1. The smallest absolute Gasteiger partial charge is 0.0945 e. The van der Waals surface area contributed by atoms with Gasteiger partial charge in [-0.3, -0.25) is 0 Å². The van der Waals surface area contributed by atoms with Crippen LogP contribution in [0.4, 0.5) is 0 Å². The minimum atomic E-state index is 0.00173. The maximum absolute atomic E-state index is 9.84. The van der Waals surface area contributed by atoms with Crippen molar-refractivity contribution in [2.75, 3.05) is 6.61 Å². The number of aliphatic hydroxyl groups is 1. The van der Waals surface area contributed by atoms with Crippen molar-refractivity contribution in [1.29, 1.82) is 0 Å². The van der Waals surface area contributed by atoms with Crippen LogP contribution in [0.5, 0.6) is 0 Å². The standard InChI is InChI=1S/C14H23N3O/c18-10-14(16-13-3-4-13)6-1-2-12(14)5-8-17-9-7-15-11-17/h7,9,11-13,16,18H,1-6,8,10H2. The van der Waals surface area contributed by atoms with Crippen molar-refractivity contribution in [2.24, 2.45) is 5.92 Å². The van der Waals surface area contributed by atoms with Gasteiger partial charge in [0.1, 0.15) is 0 Å². The summed E-state index contributed by atoms with van der Waals surface area (Å²) in [6.45, 7) is 1.30. The second kappa shape index (κ2) is 5.02. The van der Waals surface area contributed by atoms with Crippen LogP contribution in [-0.4, -0.2) is 32.8 Å². The van der Waals surface area contributed by atoms with E-state index >= 15 is 0 Å². The molecule has 2 aliphatic carbocycles. The molecule has 0 bridgehead atoms. The zero-order valence-corrected chi connectivity index (χ0v) is 10.9. The normalized spacial score (nSPS) is 31.9. The Labute approximate surface area is 108 Å². The lowest BCUT2D eigenvalue weighted by molar-refractivity contribution is 0.115. The van der Waals surface area contributed by atoms with Gasteiger partial charge in [0.15, 0.2) is 0 Å². The number of imidazole rings is 1. The van der Waals surface area contributed by atoms with E-state index in [1.807, 2.05) is 18.7 Å². The molecule has 2 aliphatic rings. The number of aliphatic hydroxyl groups excluding tert-OH is 1. The second-order valence-electron chi connectivity index (χ2n) is 5.91. The maximum atomic E-state index is 9.84. The van der Waals surface area contributed by atoms with Crippen molar-refractivity contribution < 1.29 is 5.11 Å². The highest BCUT2D eigenvalue weighted by atomic mass is 16.3. The molecule has 4 nitrogen and oxygen atoms in total. The van der Waals surface area contributed by atoms with E-state index < -0.39 is 0 Å². The van der Waals surface area contributed by atoms with Gasteiger partial charge in [0.2, 0.25) is 0 Å². The van der Waals surface area contributed by atoms with Gasteiger partial charge in [-0.05, 0) is 38.0 Å². The zero-order valence-electron chi connectivity index (χ0n) is 10.9. The molecule has 4 heteroatoms. The molecule has 1 heterocycles. The summed E-state index contributed by atoms with van der Waals surface area (Å²) < 4.78 is 2.14. The molecule has 0 amide bonds. The molecular weight excluding hydrogens is 226 g/mol. The Morgan fingerprint density at radius 2 is 2.28 bits per heavy atom. The number of aromatic nitrogens is 2. The number of hydrogen-bond donors (Lipinski definition) is 2. The van der Waals surface area contributed by atoms with Crippen LogP contribution in [0.2, 0.25) is 0 Å². The summed E-state index contributed by atoms with van der Waals surface area (Å²) in [6, 6.07) is 0.672. The molecule has 2 atom stereocenters. The third-order valence-electron chi connectivity index (χ3n) is 4.60. The molecule has 0 spiro atoms. The number of hydrogen-bond acceptors (Lipinski definition) is 3. The maximum Gasteiger partial charge on any atom is 0.0945 e. The molecule has 2 N–H and O–H groups in total. The van der Waals surface area contributed by atoms with E-state index in [2.05, 4.69) is 14.9 Å². The number of rotatable bonds is 6. The lowest BCUT2D eigenvalue weighted by Crippen LogP contribution is -2.52. The van der Waals surface area contributed by atoms with Gasteiger partial charge in [0, 0.05) is 30.5 Å². The molecule has 1 aromatic rings. The van der Waals surface area contributed by atoms with Gasteiger partial charge in [-0.15, -0.1) is 0 Å². The largest absolute Gasteiger partial charge is 0.394 e. The molecule has 18 heavy (non-hydrogen) atoms. The number of nitrogens with zero attached hydrogens (tertiary/aromatic N) is 2. The quantitative estimate of drug-likeness (QED) is 0.804. The van der Waals surface area contributed by atoms with Gasteiger partial charge in [0.25, 0.3) is 0 Å². The predicted octanol–water partition coefficient (Wildman–Crippen LogP) is 1.56. The molecular formula is C14H23N3O. The molecule has 2 saturated carbocycles. The average Bonchev–Trinajstić information content (AvgIpc) is 2.91. The van der Waals surface area contributed by atoms with Crippen LogP contribution in [0.3, 0.4) is 0 Å². The van der Waals surface area contributed by atoms with Crippen molar-refractivity contribution in [3.05, 3.63) is 18.7 Å². The van der Waals surface area contributed by atoms with E-state index in [4.69, 9.17) is 0 Å². The fourth-order valence-corrected chi connectivity index (χ4v) is 3.37. The average molecular weight is 249 g/mol. The molecule has 2 unspecified atom stereocenters. The van der Waals surface area contributed by atoms with E-state index in [9.17, 15) is 5.11 Å². The highest BCUT2D eigenvalue weighted by Crippen LogP contribution is 2.40. The second-order valence-corrected chi connectivity index (χ2v) is 5.91. The Morgan fingerprint density at radius 3 is 2.94 bits per heavy atom. The monoisotopic (exact) mass is 249 g/mol. The summed E-state index contributed by atoms with van der Waals surface area (Å²) in [5, 5.41) is 13.6. The van der Waals surface area contributed by atoms with Crippen molar-refractivity contribution in [3.63, 3.8) is 0 Å². The van der Waals surface area contributed by atoms with E-state index in [0.29, 0.717) is 12.0 Å². The highest BCUT2D eigenvalue weighted by molar-refractivity contribution is 5.03.